The van der Waals surface area contributed by atoms with Crippen LogP contribution in [-0.4, -0.2) is 89.6 Å². The van der Waals surface area contributed by atoms with Crippen LogP contribution in [0.2, 0.25) is 0 Å². The van der Waals surface area contributed by atoms with Crippen molar-refractivity contribution in [2.45, 2.75) is 6.54 Å². The molecule has 1 aliphatic rings. The second kappa shape index (κ2) is 9.08. The summed E-state index contributed by atoms with van der Waals surface area (Å²) >= 11 is 1.62. The summed E-state index contributed by atoms with van der Waals surface area (Å²) in [5, 5.41) is 0. The molecular formula is C20H26N8O2S. The van der Waals surface area contributed by atoms with E-state index in [0.29, 0.717) is 37.7 Å². The van der Waals surface area contributed by atoms with Gasteiger partial charge in [-0.15, -0.1) is 11.3 Å². The lowest BCUT2D eigenvalue weighted by atomic mass is 10.3. The van der Waals surface area contributed by atoms with E-state index in [2.05, 4.69) is 14.9 Å². The molecule has 0 aromatic carbocycles. The number of thiophene rings is 1. The van der Waals surface area contributed by atoms with Crippen molar-refractivity contribution in [1.82, 2.24) is 29.7 Å². The molecular weight excluding hydrogens is 416 g/mol. The molecule has 0 saturated carbocycles. The summed E-state index contributed by atoms with van der Waals surface area (Å²) in [4.78, 5) is 37.0. The number of rotatable bonds is 6. The summed E-state index contributed by atoms with van der Waals surface area (Å²) in [6.07, 6.45) is 3.27. The molecule has 2 N–H and O–H groups in total. The van der Waals surface area contributed by atoms with Crippen LogP contribution in [0, 0.1) is 0 Å². The average Bonchev–Trinajstić information content (AvgIpc) is 3.16. The number of carbonyl (C=O) groups is 1. The SMILES string of the molecule is CN(C)CC(=O)N(C)Cc1cc2nc(-c3cnc(N)nc3)nc(N3CCOCC3)c2s1. The van der Waals surface area contributed by atoms with Gasteiger partial charge in [0.1, 0.15) is 0 Å². The van der Waals surface area contributed by atoms with Gasteiger partial charge in [0.05, 0.1) is 42.1 Å². The van der Waals surface area contributed by atoms with Crippen molar-refractivity contribution in [3.8, 4) is 11.4 Å². The van der Waals surface area contributed by atoms with Crippen LogP contribution < -0.4 is 10.6 Å². The summed E-state index contributed by atoms with van der Waals surface area (Å²) in [6.45, 7) is 3.74. The van der Waals surface area contributed by atoms with Crippen LogP contribution in [0.15, 0.2) is 18.5 Å². The molecule has 3 aromatic rings. The molecule has 0 atom stereocenters. The first-order valence-corrected chi connectivity index (χ1v) is 10.8. The fraction of sp³-hybridized carbons (Fsp3) is 0.450. The molecule has 4 rings (SSSR count). The van der Waals surface area contributed by atoms with Gasteiger partial charge in [0.2, 0.25) is 11.9 Å². The number of carbonyl (C=O) groups excluding carboxylic acids is 1. The van der Waals surface area contributed by atoms with Crippen LogP contribution in [0.4, 0.5) is 11.8 Å². The van der Waals surface area contributed by atoms with Crippen LogP contribution in [0.1, 0.15) is 4.88 Å². The molecule has 0 aliphatic carbocycles. The Kier molecular flexibility index (Phi) is 6.25. The third-order valence-electron chi connectivity index (χ3n) is 4.92. The minimum absolute atomic E-state index is 0.0710. The number of likely N-dealkylation sites (N-methyl/N-ethyl adjacent to an activating group) is 2. The molecule has 164 valence electrons. The summed E-state index contributed by atoms with van der Waals surface area (Å²) < 4.78 is 6.52. The fourth-order valence-corrected chi connectivity index (χ4v) is 4.49. The third-order valence-corrected chi connectivity index (χ3v) is 6.02. The van der Waals surface area contributed by atoms with Crippen LogP contribution in [-0.2, 0) is 16.1 Å². The van der Waals surface area contributed by atoms with E-state index in [0.717, 1.165) is 34.0 Å². The van der Waals surface area contributed by atoms with Crippen molar-refractivity contribution in [1.29, 1.82) is 0 Å². The third kappa shape index (κ3) is 4.89. The predicted octanol–water partition coefficient (Wildman–Crippen LogP) is 1.09. The highest BCUT2D eigenvalue weighted by Crippen LogP contribution is 2.34. The Morgan fingerprint density at radius 2 is 1.90 bits per heavy atom. The van der Waals surface area contributed by atoms with Crippen molar-refractivity contribution in [3.05, 3.63) is 23.3 Å². The maximum atomic E-state index is 12.4. The van der Waals surface area contributed by atoms with Gasteiger partial charge in [0.15, 0.2) is 11.6 Å². The van der Waals surface area contributed by atoms with Crippen molar-refractivity contribution >= 4 is 39.2 Å². The molecule has 0 radical (unpaired) electrons. The van der Waals surface area contributed by atoms with E-state index in [1.807, 2.05) is 32.1 Å². The number of hydrogen-bond acceptors (Lipinski definition) is 10. The van der Waals surface area contributed by atoms with E-state index in [9.17, 15) is 4.79 Å². The summed E-state index contributed by atoms with van der Waals surface area (Å²) in [6, 6.07) is 2.03. The van der Waals surface area contributed by atoms with E-state index in [-0.39, 0.29) is 11.9 Å². The van der Waals surface area contributed by atoms with Gasteiger partial charge >= 0.3 is 0 Å². The Morgan fingerprint density at radius 3 is 2.58 bits per heavy atom. The Balaban J connectivity index is 1.71. The van der Waals surface area contributed by atoms with Gasteiger partial charge in [-0.2, -0.15) is 0 Å². The number of fused-ring (bicyclic) bond motifs is 1. The predicted molar refractivity (Wildman–Crippen MR) is 121 cm³/mol. The van der Waals surface area contributed by atoms with Crippen LogP contribution in [0.3, 0.4) is 0 Å². The number of hydrogen-bond donors (Lipinski definition) is 1. The van der Waals surface area contributed by atoms with E-state index < -0.39 is 0 Å². The van der Waals surface area contributed by atoms with Crippen molar-refractivity contribution in [2.75, 3.05) is 64.6 Å². The first kappa shape index (κ1) is 21.3. The molecule has 0 spiro atoms. The van der Waals surface area contributed by atoms with Gasteiger partial charge in [-0.05, 0) is 20.2 Å². The number of morpholine rings is 1. The number of amides is 1. The highest BCUT2D eigenvalue weighted by atomic mass is 32.1. The number of anilines is 2. The van der Waals surface area contributed by atoms with Crippen LogP contribution in [0.5, 0.6) is 0 Å². The monoisotopic (exact) mass is 442 g/mol. The lowest BCUT2D eigenvalue weighted by Gasteiger charge is -2.28. The second-order valence-corrected chi connectivity index (χ2v) is 8.85. The van der Waals surface area contributed by atoms with Crippen LogP contribution in [0.25, 0.3) is 21.6 Å². The summed E-state index contributed by atoms with van der Waals surface area (Å²) in [7, 11) is 5.59. The maximum Gasteiger partial charge on any atom is 0.236 e. The molecule has 1 fully saturated rings. The van der Waals surface area contributed by atoms with Crippen molar-refractivity contribution < 1.29 is 9.53 Å². The highest BCUT2D eigenvalue weighted by molar-refractivity contribution is 7.19. The van der Waals surface area contributed by atoms with E-state index >= 15 is 0 Å². The molecule has 1 aliphatic heterocycles. The number of ether oxygens (including phenoxy) is 1. The highest BCUT2D eigenvalue weighted by Gasteiger charge is 2.21. The zero-order valence-corrected chi connectivity index (χ0v) is 18.7. The van der Waals surface area contributed by atoms with Gasteiger partial charge in [-0.1, -0.05) is 0 Å². The summed E-state index contributed by atoms with van der Waals surface area (Å²) in [5.41, 5.74) is 7.18. The Bertz CT molecular complexity index is 1060. The lowest BCUT2D eigenvalue weighted by Crippen LogP contribution is -2.36. The Hall–Kier alpha value is -2.89. The molecule has 3 aromatic heterocycles. The van der Waals surface area contributed by atoms with Crippen LogP contribution >= 0.6 is 11.3 Å². The second-order valence-electron chi connectivity index (χ2n) is 7.71. The van der Waals surface area contributed by atoms with Gasteiger partial charge in [0, 0.05) is 37.4 Å². The molecule has 0 bridgehead atoms. The minimum atomic E-state index is 0.0710. The first-order valence-electron chi connectivity index (χ1n) is 10.0. The minimum Gasteiger partial charge on any atom is -0.378 e. The Labute approximate surface area is 184 Å². The van der Waals surface area contributed by atoms with Gasteiger partial charge in [0.25, 0.3) is 0 Å². The topological polar surface area (TPSA) is 114 Å². The zero-order valence-electron chi connectivity index (χ0n) is 17.9. The quantitative estimate of drug-likeness (QED) is 0.599. The van der Waals surface area contributed by atoms with E-state index in [4.69, 9.17) is 20.4 Å². The Morgan fingerprint density at radius 1 is 1.19 bits per heavy atom. The van der Waals surface area contributed by atoms with Crippen molar-refractivity contribution in [2.24, 2.45) is 0 Å². The zero-order chi connectivity index (χ0) is 22.0. The number of aromatic nitrogens is 4. The molecule has 10 nitrogen and oxygen atoms in total. The summed E-state index contributed by atoms with van der Waals surface area (Å²) in [5.74, 6) is 1.71. The molecule has 1 amide bonds. The van der Waals surface area contributed by atoms with E-state index in [1.54, 1.807) is 28.6 Å². The standard InChI is InChI=1S/C20H26N8O2S/c1-26(2)12-16(29)27(3)11-14-8-15-17(31-14)19(28-4-6-30-7-5-28)25-18(24-15)13-9-22-20(21)23-10-13/h8-10H,4-7,11-12H2,1-3H3,(H2,21,22,23). The molecule has 31 heavy (non-hydrogen) atoms. The molecule has 1 saturated heterocycles. The number of nitrogens with zero attached hydrogens (tertiary/aromatic N) is 7. The smallest absolute Gasteiger partial charge is 0.236 e. The van der Waals surface area contributed by atoms with Gasteiger partial charge in [-0.25, -0.2) is 19.9 Å². The number of nitrogen functional groups attached to an aromatic ring is 1. The maximum absolute atomic E-state index is 12.4. The lowest BCUT2D eigenvalue weighted by molar-refractivity contribution is -0.131. The normalized spacial score (nSPS) is 14.4. The number of nitrogens with two attached hydrogens (primary N) is 1. The van der Waals surface area contributed by atoms with Crippen molar-refractivity contribution in [3.63, 3.8) is 0 Å². The largest absolute Gasteiger partial charge is 0.378 e. The molecule has 0 unspecified atom stereocenters. The van der Waals surface area contributed by atoms with Gasteiger partial charge in [-0.3, -0.25) is 4.79 Å². The average molecular weight is 443 g/mol. The molecule has 11 heteroatoms. The van der Waals surface area contributed by atoms with Gasteiger partial charge < -0.3 is 25.2 Å². The molecule has 4 heterocycles. The fourth-order valence-electron chi connectivity index (χ4n) is 3.33. The first-order chi connectivity index (χ1) is 14.9. The van der Waals surface area contributed by atoms with E-state index in [1.165, 1.54) is 0 Å².